The van der Waals surface area contributed by atoms with Crippen LogP contribution >= 0.6 is 0 Å². The summed E-state index contributed by atoms with van der Waals surface area (Å²) in [6, 6.07) is 8.49. The predicted molar refractivity (Wildman–Crippen MR) is 89.0 cm³/mol. The van der Waals surface area contributed by atoms with Crippen molar-refractivity contribution in [3.05, 3.63) is 29.8 Å². The number of rotatable bonds is 7. The molecule has 0 saturated heterocycles. The molecule has 0 heterocycles. The SMILES string of the molecule is COc1ccc(CN(C)CCC(=O)NC2CCCCC2)cc1. The van der Waals surface area contributed by atoms with Gasteiger partial charge in [-0.25, -0.2) is 0 Å². The Hall–Kier alpha value is -1.55. The first kappa shape index (κ1) is 16.8. The third kappa shape index (κ3) is 5.68. The van der Waals surface area contributed by atoms with Crippen LogP contribution in [0.2, 0.25) is 0 Å². The van der Waals surface area contributed by atoms with Gasteiger partial charge in [0.25, 0.3) is 0 Å². The Morgan fingerprint density at radius 1 is 1.23 bits per heavy atom. The number of carbonyl (C=O) groups is 1. The van der Waals surface area contributed by atoms with Crippen molar-refractivity contribution in [2.45, 2.75) is 51.1 Å². The van der Waals surface area contributed by atoms with Gasteiger partial charge >= 0.3 is 0 Å². The molecule has 1 aromatic carbocycles. The first-order valence-electron chi connectivity index (χ1n) is 8.28. The average molecular weight is 304 g/mol. The van der Waals surface area contributed by atoms with Gasteiger partial charge in [0.2, 0.25) is 5.91 Å². The van der Waals surface area contributed by atoms with Crippen LogP contribution in [0.15, 0.2) is 24.3 Å². The van der Waals surface area contributed by atoms with Crippen molar-refractivity contribution in [1.29, 1.82) is 0 Å². The molecule has 4 nitrogen and oxygen atoms in total. The van der Waals surface area contributed by atoms with Crippen LogP contribution in [0.1, 0.15) is 44.1 Å². The van der Waals surface area contributed by atoms with E-state index < -0.39 is 0 Å². The summed E-state index contributed by atoms with van der Waals surface area (Å²) in [5.74, 6) is 1.06. The normalized spacial score (nSPS) is 15.8. The Balaban J connectivity index is 1.67. The number of carbonyl (C=O) groups excluding carboxylic acids is 1. The third-order valence-corrected chi connectivity index (χ3v) is 4.30. The summed E-state index contributed by atoms with van der Waals surface area (Å²) in [7, 11) is 3.73. The fourth-order valence-corrected chi connectivity index (χ4v) is 2.96. The van der Waals surface area contributed by atoms with Crippen LogP contribution in [-0.2, 0) is 11.3 Å². The summed E-state index contributed by atoms with van der Waals surface area (Å²) in [4.78, 5) is 14.2. The Labute approximate surface area is 133 Å². The van der Waals surface area contributed by atoms with Gasteiger partial charge in [0.1, 0.15) is 5.75 Å². The second-order valence-corrected chi connectivity index (χ2v) is 6.24. The Morgan fingerprint density at radius 2 is 1.91 bits per heavy atom. The average Bonchev–Trinajstić information content (AvgIpc) is 2.55. The quantitative estimate of drug-likeness (QED) is 0.842. The Morgan fingerprint density at radius 3 is 2.55 bits per heavy atom. The number of amides is 1. The number of nitrogens with one attached hydrogen (secondary N) is 1. The minimum atomic E-state index is 0.188. The Kier molecular flexibility index (Phi) is 6.72. The van der Waals surface area contributed by atoms with Crippen LogP contribution in [0, 0.1) is 0 Å². The molecular weight excluding hydrogens is 276 g/mol. The molecule has 1 saturated carbocycles. The van der Waals surface area contributed by atoms with Crippen LogP contribution in [0.5, 0.6) is 5.75 Å². The van der Waals surface area contributed by atoms with Gasteiger partial charge in [0, 0.05) is 25.6 Å². The van der Waals surface area contributed by atoms with Crippen LogP contribution < -0.4 is 10.1 Å². The largest absolute Gasteiger partial charge is 0.497 e. The topological polar surface area (TPSA) is 41.6 Å². The molecule has 0 atom stereocenters. The lowest BCUT2D eigenvalue weighted by molar-refractivity contribution is -0.122. The maximum absolute atomic E-state index is 12.0. The van der Waals surface area contributed by atoms with E-state index in [1.165, 1.54) is 24.8 Å². The lowest BCUT2D eigenvalue weighted by Crippen LogP contribution is -2.37. The van der Waals surface area contributed by atoms with E-state index in [0.29, 0.717) is 12.5 Å². The highest BCUT2D eigenvalue weighted by molar-refractivity contribution is 5.76. The monoisotopic (exact) mass is 304 g/mol. The van der Waals surface area contributed by atoms with Crippen molar-refractivity contribution in [2.24, 2.45) is 0 Å². The van der Waals surface area contributed by atoms with Crippen LogP contribution in [0.3, 0.4) is 0 Å². The minimum Gasteiger partial charge on any atom is -0.497 e. The van der Waals surface area contributed by atoms with Gasteiger partial charge in [0.05, 0.1) is 7.11 Å². The third-order valence-electron chi connectivity index (χ3n) is 4.30. The van der Waals surface area contributed by atoms with Crippen molar-refractivity contribution in [3.63, 3.8) is 0 Å². The zero-order valence-electron chi connectivity index (χ0n) is 13.8. The molecule has 1 fully saturated rings. The highest BCUT2D eigenvalue weighted by Crippen LogP contribution is 2.17. The molecular formula is C18H28N2O2. The highest BCUT2D eigenvalue weighted by atomic mass is 16.5. The summed E-state index contributed by atoms with van der Waals surface area (Å²) < 4.78 is 5.16. The molecule has 1 aliphatic carbocycles. The number of methoxy groups -OCH3 is 1. The lowest BCUT2D eigenvalue weighted by Gasteiger charge is -2.23. The van der Waals surface area contributed by atoms with Crippen molar-refractivity contribution in [3.8, 4) is 5.75 Å². The van der Waals surface area contributed by atoms with Gasteiger partial charge in [-0.3, -0.25) is 4.79 Å². The molecule has 22 heavy (non-hydrogen) atoms. The van der Waals surface area contributed by atoms with Crippen LogP contribution in [0.25, 0.3) is 0 Å². The number of ether oxygens (including phenoxy) is 1. The van der Waals surface area contributed by atoms with Crippen molar-refractivity contribution in [1.82, 2.24) is 10.2 Å². The van der Waals surface area contributed by atoms with Gasteiger partial charge in [0.15, 0.2) is 0 Å². The maximum atomic E-state index is 12.0. The van der Waals surface area contributed by atoms with E-state index in [2.05, 4.69) is 29.4 Å². The number of nitrogens with zero attached hydrogens (tertiary/aromatic N) is 1. The van der Waals surface area contributed by atoms with E-state index >= 15 is 0 Å². The van der Waals surface area contributed by atoms with Crippen molar-refractivity contribution >= 4 is 5.91 Å². The molecule has 4 heteroatoms. The van der Waals surface area contributed by atoms with E-state index in [1.54, 1.807) is 7.11 Å². The number of hydrogen-bond donors (Lipinski definition) is 1. The second kappa shape index (κ2) is 8.79. The summed E-state index contributed by atoms with van der Waals surface area (Å²) in [5.41, 5.74) is 1.23. The molecule has 1 aliphatic rings. The molecule has 1 amide bonds. The molecule has 1 N–H and O–H groups in total. The molecule has 1 aromatic rings. The molecule has 122 valence electrons. The highest BCUT2D eigenvalue weighted by Gasteiger charge is 2.15. The van der Waals surface area contributed by atoms with Gasteiger partial charge in [-0.1, -0.05) is 31.4 Å². The maximum Gasteiger partial charge on any atom is 0.221 e. The fourth-order valence-electron chi connectivity index (χ4n) is 2.96. The molecule has 0 aromatic heterocycles. The standard InChI is InChI=1S/C18H28N2O2/c1-20(14-15-8-10-17(22-2)11-9-15)13-12-18(21)19-16-6-4-3-5-7-16/h8-11,16H,3-7,12-14H2,1-2H3,(H,19,21). The minimum absolute atomic E-state index is 0.188. The Bertz CT molecular complexity index is 453. The lowest BCUT2D eigenvalue weighted by atomic mass is 9.95. The first-order chi connectivity index (χ1) is 10.7. The smallest absolute Gasteiger partial charge is 0.221 e. The van der Waals surface area contributed by atoms with Gasteiger partial charge in [-0.15, -0.1) is 0 Å². The zero-order chi connectivity index (χ0) is 15.8. The van der Waals surface area contributed by atoms with E-state index in [-0.39, 0.29) is 5.91 Å². The van der Waals surface area contributed by atoms with Gasteiger partial charge in [-0.2, -0.15) is 0 Å². The zero-order valence-corrected chi connectivity index (χ0v) is 13.8. The van der Waals surface area contributed by atoms with Crippen molar-refractivity contribution < 1.29 is 9.53 Å². The molecule has 0 spiro atoms. The summed E-state index contributed by atoms with van der Waals surface area (Å²) in [5, 5.41) is 3.17. The molecule has 0 aliphatic heterocycles. The molecule has 0 unspecified atom stereocenters. The summed E-state index contributed by atoms with van der Waals surface area (Å²) >= 11 is 0. The van der Waals surface area contributed by atoms with E-state index in [0.717, 1.165) is 31.7 Å². The molecule has 2 rings (SSSR count). The summed E-state index contributed by atoms with van der Waals surface area (Å²) in [6.07, 6.45) is 6.69. The van der Waals surface area contributed by atoms with Crippen molar-refractivity contribution in [2.75, 3.05) is 20.7 Å². The van der Waals surface area contributed by atoms with Gasteiger partial charge < -0.3 is 15.0 Å². The number of benzene rings is 1. The van der Waals surface area contributed by atoms with Crippen LogP contribution in [0.4, 0.5) is 0 Å². The second-order valence-electron chi connectivity index (χ2n) is 6.24. The molecule has 0 bridgehead atoms. The van der Waals surface area contributed by atoms with E-state index in [4.69, 9.17) is 4.74 Å². The molecule has 0 radical (unpaired) electrons. The number of hydrogen-bond acceptors (Lipinski definition) is 3. The fraction of sp³-hybridized carbons (Fsp3) is 0.611. The van der Waals surface area contributed by atoms with Gasteiger partial charge in [-0.05, 0) is 37.6 Å². The predicted octanol–water partition coefficient (Wildman–Crippen LogP) is 2.97. The summed E-state index contributed by atoms with van der Waals surface area (Å²) in [6.45, 7) is 1.63. The van der Waals surface area contributed by atoms with Crippen LogP contribution in [-0.4, -0.2) is 37.6 Å². The van der Waals surface area contributed by atoms with E-state index in [1.807, 2.05) is 12.1 Å². The first-order valence-corrected chi connectivity index (χ1v) is 8.28. The van der Waals surface area contributed by atoms with E-state index in [9.17, 15) is 4.79 Å².